The van der Waals surface area contributed by atoms with E-state index in [1.807, 2.05) is 4.98 Å². The number of aromatic nitrogens is 2. The van der Waals surface area contributed by atoms with E-state index in [0.717, 1.165) is 16.8 Å². The third kappa shape index (κ3) is 6.68. The molecule has 0 radical (unpaired) electrons. The van der Waals surface area contributed by atoms with Crippen LogP contribution in [0.5, 0.6) is 5.75 Å². The van der Waals surface area contributed by atoms with Gasteiger partial charge in [0.1, 0.15) is 24.0 Å². The second kappa shape index (κ2) is 11.9. The maximum Gasteiger partial charge on any atom is 0.459 e. The minimum Gasteiger partial charge on any atom is -0.462 e. The fraction of sp³-hybridized carbons (Fsp3) is 0.476. The second-order valence-corrected chi connectivity index (χ2v) is 10.2. The smallest absolute Gasteiger partial charge is 0.459 e. The van der Waals surface area contributed by atoms with Crippen LogP contribution in [-0.2, 0) is 23.4 Å². The number of ether oxygens (including phenoxy) is 2. The summed E-state index contributed by atoms with van der Waals surface area (Å²) in [6.07, 6.45) is -4.94. The number of hydrogen-bond donors (Lipinski definition) is 4. The summed E-state index contributed by atoms with van der Waals surface area (Å²) in [7, 11) is -4.49. The summed E-state index contributed by atoms with van der Waals surface area (Å²) in [5, 5.41) is 27.2. The van der Waals surface area contributed by atoms with Gasteiger partial charge in [0.25, 0.3) is 5.56 Å². The van der Waals surface area contributed by atoms with Crippen LogP contribution in [0, 0.1) is 0 Å². The fourth-order valence-electron chi connectivity index (χ4n) is 3.44. The van der Waals surface area contributed by atoms with Crippen molar-refractivity contribution in [2.45, 2.75) is 57.1 Å². The first-order valence-corrected chi connectivity index (χ1v) is 12.8. The van der Waals surface area contributed by atoms with E-state index in [2.05, 4.69) is 15.1 Å². The summed E-state index contributed by atoms with van der Waals surface area (Å²) in [6.45, 7) is 3.63. The minimum atomic E-state index is -4.49. The van der Waals surface area contributed by atoms with E-state index in [1.165, 1.54) is 19.1 Å². The molecular weight excluding hydrogens is 527 g/mol. The molecule has 0 aliphatic carbocycles. The number of carbonyl (C=O) groups excluding carboxylic acids is 1. The minimum absolute atomic E-state index is 0.0798. The van der Waals surface area contributed by atoms with E-state index in [9.17, 15) is 29.2 Å². The molecule has 0 spiro atoms. The van der Waals surface area contributed by atoms with Crippen LogP contribution in [0.3, 0.4) is 0 Å². The molecule has 38 heavy (non-hydrogen) atoms. The lowest BCUT2D eigenvalue weighted by Gasteiger charge is -2.29. The summed E-state index contributed by atoms with van der Waals surface area (Å²) in [4.78, 5) is 40.5. The van der Waals surface area contributed by atoms with Gasteiger partial charge in [-0.05, 0) is 38.4 Å². The average Bonchev–Trinajstić information content (AvgIpc) is 3.09. The first kappa shape index (κ1) is 29.1. The van der Waals surface area contributed by atoms with Gasteiger partial charge in [-0.25, -0.2) is 9.36 Å². The number of esters is 1. The number of azide groups is 1. The third-order valence-electron chi connectivity index (χ3n) is 5.21. The number of hydrogen-bond acceptors (Lipinski definition) is 11. The molecule has 0 bridgehead atoms. The van der Waals surface area contributed by atoms with Crippen molar-refractivity contribution in [2.24, 2.45) is 5.11 Å². The zero-order valence-corrected chi connectivity index (χ0v) is 21.4. The van der Waals surface area contributed by atoms with Crippen LogP contribution in [0.2, 0.25) is 0 Å². The number of nitrogens with one attached hydrogen (secondary N) is 2. The predicted molar refractivity (Wildman–Crippen MR) is 130 cm³/mol. The van der Waals surface area contributed by atoms with Gasteiger partial charge in [-0.2, -0.15) is 5.09 Å². The van der Waals surface area contributed by atoms with Crippen molar-refractivity contribution in [3.05, 3.63) is 73.9 Å². The first-order valence-electron chi connectivity index (χ1n) is 11.3. The van der Waals surface area contributed by atoms with Gasteiger partial charge in [0, 0.05) is 17.2 Å². The predicted octanol–water partition coefficient (Wildman–Crippen LogP) is 0.927. The molecule has 1 aromatic carbocycles. The normalized spacial score (nSPS) is 25.3. The lowest BCUT2D eigenvalue weighted by molar-refractivity contribution is -0.149. The molecule has 17 heteroatoms. The van der Waals surface area contributed by atoms with Crippen molar-refractivity contribution >= 4 is 13.7 Å². The Bertz CT molecular complexity index is 1340. The van der Waals surface area contributed by atoms with Gasteiger partial charge >= 0.3 is 19.4 Å². The molecule has 1 aliphatic rings. The van der Waals surface area contributed by atoms with Gasteiger partial charge < -0.3 is 24.2 Å². The van der Waals surface area contributed by atoms with Crippen LogP contribution in [0.1, 0.15) is 27.0 Å². The number of benzene rings is 1. The van der Waals surface area contributed by atoms with Gasteiger partial charge in [-0.3, -0.25) is 23.7 Å². The number of nitrogens with zero attached hydrogens (tertiary/aromatic N) is 4. The summed E-state index contributed by atoms with van der Waals surface area (Å²) >= 11 is 0. The Morgan fingerprint density at radius 3 is 2.58 bits per heavy atom. The number of aromatic amines is 1. The largest absolute Gasteiger partial charge is 0.462 e. The Balaban J connectivity index is 1.91. The number of para-hydroxylation sites is 1. The van der Waals surface area contributed by atoms with Crippen LogP contribution in [0.15, 0.2) is 57.3 Å². The van der Waals surface area contributed by atoms with Crippen molar-refractivity contribution in [1.29, 1.82) is 0 Å². The third-order valence-corrected chi connectivity index (χ3v) is 6.83. The van der Waals surface area contributed by atoms with E-state index in [1.54, 1.807) is 32.0 Å². The molecule has 6 atom stereocenters. The molecule has 3 rings (SSSR count). The zero-order valence-electron chi connectivity index (χ0n) is 20.5. The molecule has 1 aromatic heterocycles. The summed E-state index contributed by atoms with van der Waals surface area (Å²) in [5.74, 6) is -0.688. The Morgan fingerprint density at radius 1 is 1.29 bits per heavy atom. The van der Waals surface area contributed by atoms with E-state index in [-0.39, 0.29) is 5.75 Å². The Kier molecular flexibility index (Phi) is 9.12. The number of aliphatic hydroxyl groups is 2. The highest BCUT2D eigenvalue weighted by Crippen LogP contribution is 2.48. The first-order chi connectivity index (χ1) is 17.9. The van der Waals surface area contributed by atoms with Crippen LogP contribution in [0.4, 0.5) is 0 Å². The van der Waals surface area contributed by atoms with Crippen LogP contribution in [-0.4, -0.2) is 62.4 Å². The van der Waals surface area contributed by atoms with Crippen molar-refractivity contribution in [2.75, 3.05) is 6.61 Å². The summed E-state index contributed by atoms with van der Waals surface area (Å²) in [5.41, 5.74) is 5.03. The second-order valence-electron chi connectivity index (χ2n) is 8.51. The Morgan fingerprint density at radius 2 is 1.97 bits per heavy atom. The molecule has 4 N–H and O–H groups in total. The Hall–Kier alpha value is -3.49. The lowest BCUT2D eigenvalue weighted by Crippen LogP contribution is -2.46. The monoisotopic (exact) mass is 554 g/mol. The van der Waals surface area contributed by atoms with Gasteiger partial charge in [-0.15, -0.1) is 0 Å². The van der Waals surface area contributed by atoms with Crippen molar-refractivity contribution in [3.63, 3.8) is 0 Å². The molecule has 16 nitrogen and oxygen atoms in total. The molecule has 1 fully saturated rings. The van der Waals surface area contributed by atoms with Crippen LogP contribution in [0.25, 0.3) is 10.4 Å². The van der Waals surface area contributed by atoms with E-state index >= 15 is 0 Å². The van der Waals surface area contributed by atoms with Crippen molar-refractivity contribution < 1.29 is 38.1 Å². The molecule has 2 unspecified atom stereocenters. The highest BCUT2D eigenvalue weighted by atomic mass is 31.2. The highest BCUT2D eigenvalue weighted by Gasteiger charge is 2.56. The SMILES string of the molecule is CC(C)OC(=O)C(C)NP(=O)(OC[C@@]1(N=[N+]=[N-])O[C@@H](n2ccc(=O)[nH]c2=O)[C@@H](O)[C@@H]1O)Oc1ccccc1. The molecule has 206 valence electrons. The van der Waals surface area contributed by atoms with Gasteiger partial charge in [-0.1, -0.05) is 23.3 Å². The quantitative estimate of drug-likeness (QED) is 0.100. The molecule has 1 aliphatic heterocycles. The molecule has 2 heterocycles. The van der Waals surface area contributed by atoms with Crippen LogP contribution >= 0.6 is 7.75 Å². The van der Waals surface area contributed by atoms with Crippen molar-refractivity contribution in [3.8, 4) is 5.75 Å². The van der Waals surface area contributed by atoms with Crippen LogP contribution < -0.4 is 20.9 Å². The lowest BCUT2D eigenvalue weighted by atomic mass is 10.1. The highest BCUT2D eigenvalue weighted by molar-refractivity contribution is 7.52. The fourth-order valence-corrected chi connectivity index (χ4v) is 4.95. The summed E-state index contributed by atoms with van der Waals surface area (Å²) < 4.78 is 36.1. The molecular formula is C21H27N6O10P. The molecule has 0 amide bonds. The molecule has 2 aromatic rings. The van der Waals surface area contributed by atoms with E-state index in [4.69, 9.17) is 24.1 Å². The van der Waals surface area contributed by atoms with Gasteiger partial charge in [0.05, 0.1) is 12.7 Å². The number of H-pyrrole nitrogens is 1. The average molecular weight is 554 g/mol. The van der Waals surface area contributed by atoms with Gasteiger partial charge in [0.2, 0.25) is 5.72 Å². The number of rotatable bonds is 11. The van der Waals surface area contributed by atoms with Gasteiger partial charge in [0.15, 0.2) is 6.23 Å². The maximum atomic E-state index is 13.7. The van der Waals surface area contributed by atoms with Crippen molar-refractivity contribution in [1.82, 2.24) is 14.6 Å². The van der Waals surface area contributed by atoms with E-state index < -0.39 is 67.9 Å². The number of carbonyl (C=O) groups is 1. The van der Waals surface area contributed by atoms with E-state index in [0.29, 0.717) is 0 Å². The summed E-state index contributed by atoms with van der Waals surface area (Å²) in [6, 6.07) is 7.54. The molecule has 1 saturated heterocycles. The Labute approximate surface area is 215 Å². The maximum absolute atomic E-state index is 13.7. The standard InChI is InChI=1S/C21H27N6O10P/c1-12(2)35-19(31)13(3)24-38(33,37-14-7-5-4-6-8-14)34-11-21(25-26-22)17(30)16(29)18(36-21)27-10-9-15(28)23-20(27)32/h4-10,12-13,16-18,29-30H,11H2,1-3H3,(H,24,33)(H,23,28,32)/t13?,16-,17-,18+,21+,38?/m0/s1. The number of aliphatic hydroxyl groups excluding tert-OH is 2. The zero-order chi connectivity index (χ0) is 28.1. The topological polar surface area (TPSA) is 227 Å². The molecule has 0 saturated carbocycles.